The van der Waals surface area contributed by atoms with Gasteiger partial charge in [-0.05, 0) is 69.9 Å². The van der Waals surface area contributed by atoms with Crippen LogP contribution >= 0.6 is 0 Å². The molecular formula is C22H31FN6. The molecule has 29 heavy (non-hydrogen) atoms. The molecule has 3 aromatic rings. The summed E-state index contributed by atoms with van der Waals surface area (Å²) in [6.45, 7) is 9.83. The highest BCUT2D eigenvalue weighted by atomic mass is 19.1. The molecule has 0 radical (unpaired) electrons. The number of H-pyrrole nitrogens is 1. The minimum Gasteiger partial charge on any atom is -0.361 e. The van der Waals surface area contributed by atoms with Crippen molar-refractivity contribution in [2.45, 2.75) is 46.6 Å². The summed E-state index contributed by atoms with van der Waals surface area (Å²) < 4.78 is 15.3. The summed E-state index contributed by atoms with van der Waals surface area (Å²) in [6.07, 6.45) is 3.62. The van der Waals surface area contributed by atoms with E-state index in [0.29, 0.717) is 6.54 Å². The van der Waals surface area contributed by atoms with Crippen molar-refractivity contribution < 1.29 is 4.39 Å². The van der Waals surface area contributed by atoms with E-state index in [1.807, 2.05) is 24.0 Å². The highest BCUT2D eigenvalue weighted by Gasteiger charge is 2.14. The fourth-order valence-electron chi connectivity index (χ4n) is 3.68. The molecule has 1 atom stereocenters. The van der Waals surface area contributed by atoms with Crippen LogP contribution in [0.25, 0.3) is 10.9 Å². The second-order valence-electron chi connectivity index (χ2n) is 7.54. The van der Waals surface area contributed by atoms with Crippen LogP contribution in [0.5, 0.6) is 0 Å². The van der Waals surface area contributed by atoms with Crippen LogP contribution in [0.2, 0.25) is 0 Å². The molecule has 156 valence electrons. The van der Waals surface area contributed by atoms with Crippen molar-refractivity contribution in [2.24, 2.45) is 12.0 Å². The molecule has 0 saturated heterocycles. The number of aliphatic imine (C=N–C) groups is 1. The number of nitrogens with one attached hydrogen (secondary N) is 3. The lowest BCUT2D eigenvalue weighted by Crippen LogP contribution is -2.43. The van der Waals surface area contributed by atoms with Crippen molar-refractivity contribution in [2.75, 3.05) is 13.1 Å². The van der Waals surface area contributed by atoms with Gasteiger partial charge in [0.25, 0.3) is 0 Å². The van der Waals surface area contributed by atoms with E-state index in [-0.39, 0.29) is 11.9 Å². The molecule has 3 rings (SSSR count). The van der Waals surface area contributed by atoms with Crippen LogP contribution in [0.4, 0.5) is 4.39 Å². The molecule has 7 heteroatoms. The van der Waals surface area contributed by atoms with Gasteiger partial charge in [0.05, 0.1) is 5.69 Å². The first-order chi connectivity index (χ1) is 13.9. The zero-order valence-electron chi connectivity index (χ0n) is 17.9. The van der Waals surface area contributed by atoms with Gasteiger partial charge in [-0.15, -0.1) is 0 Å². The van der Waals surface area contributed by atoms with E-state index in [9.17, 15) is 4.39 Å². The number of hydrogen-bond acceptors (Lipinski definition) is 2. The van der Waals surface area contributed by atoms with Crippen LogP contribution in [0.15, 0.2) is 29.4 Å². The predicted molar refractivity (Wildman–Crippen MR) is 117 cm³/mol. The van der Waals surface area contributed by atoms with E-state index < -0.39 is 0 Å². The molecule has 6 nitrogen and oxygen atoms in total. The molecule has 0 aliphatic carbocycles. The molecular weight excluding hydrogens is 367 g/mol. The molecule has 0 aliphatic heterocycles. The summed E-state index contributed by atoms with van der Waals surface area (Å²) in [5.74, 6) is 0.584. The van der Waals surface area contributed by atoms with E-state index in [2.05, 4.69) is 48.4 Å². The average molecular weight is 399 g/mol. The normalized spacial score (nSPS) is 13.1. The first-order valence-corrected chi connectivity index (χ1v) is 10.2. The van der Waals surface area contributed by atoms with Crippen molar-refractivity contribution in [1.82, 2.24) is 25.4 Å². The molecule has 0 bridgehead atoms. The van der Waals surface area contributed by atoms with Crippen LogP contribution in [-0.2, 0) is 19.9 Å². The number of guanidine groups is 1. The monoisotopic (exact) mass is 398 g/mol. The fraction of sp³-hybridized carbons (Fsp3) is 0.455. The zero-order valence-corrected chi connectivity index (χ0v) is 17.9. The summed E-state index contributed by atoms with van der Waals surface area (Å²) in [7, 11) is 1.98. The van der Waals surface area contributed by atoms with Crippen LogP contribution < -0.4 is 10.6 Å². The lowest BCUT2D eigenvalue weighted by atomic mass is 10.1. The quantitative estimate of drug-likeness (QED) is 0.422. The van der Waals surface area contributed by atoms with E-state index in [1.54, 1.807) is 0 Å². The minimum atomic E-state index is -0.226. The van der Waals surface area contributed by atoms with Gasteiger partial charge < -0.3 is 15.6 Å². The molecule has 0 saturated carbocycles. The van der Waals surface area contributed by atoms with E-state index >= 15 is 0 Å². The Morgan fingerprint density at radius 3 is 2.83 bits per heavy atom. The van der Waals surface area contributed by atoms with Crippen LogP contribution in [-0.4, -0.2) is 39.9 Å². The number of rotatable bonds is 7. The molecule has 1 aromatic carbocycles. The van der Waals surface area contributed by atoms with E-state index in [1.165, 1.54) is 23.4 Å². The molecule has 0 fully saturated rings. The third kappa shape index (κ3) is 4.96. The lowest BCUT2D eigenvalue weighted by molar-refractivity contribution is 0.629. The Bertz CT molecular complexity index is 1000. The summed E-state index contributed by atoms with van der Waals surface area (Å²) in [6, 6.07) is 5.08. The third-order valence-electron chi connectivity index (χ3n) is 5.28. The topological polar surface area (TPSA) is 70.0 Å². The second-order valence-corrected chi connectivity index (χ2v) is 7.54. The van der Waals surface area contributed by atoms with Crippen molar-refractivity contribution >= 4 is 16.9 Å². The van der Waals surface area contributed by atoms with Crippen molar-refractivity contribution in [1.29, 1.82) is 0 Å². The van der Waals surface area contributed by atoms with Crippen LogP contribution in [0.3, 0.4) is 0 Å². The molecule has 2 heterocycles. The number of aromatic amines is 1. The van der Waals surface area contributed by atoms with Gasteiger partial charge in [0.1, 0.15) is 5.82 Å². The summed E-state index contributed by atoms with van der Waals surface area (Å²) >= 11 is 0. The van der Waals surface area contributed by atoms with Gasteiger partial charge in [-0.1, -0.05) is 0 Å². The molecule has 2 aromatic heterocycles. The Labute approximate surface area is 171 Å². The highest BCUT2D eigenvalue weighted by Crippen LogP contribution is 2.19. The number of benzene rings is 1. The third-order valence-corrected chi connectivity index (χ3v) is 5.28. The van der Waals surface area contributed by atoms with Gasteiger partial charge in [-0.3, -0.25) is 9.67 Å². The van der Waals surface area contributed by atoms with E-state index in [0.717, 1.165) is 47.5 Å². The maximum Gasteiger partial charge on any atom is 0.191 e. The second kappa shape index (κ2) is 9.11. The highest BCUT2D eigenvalue weighted by molar-refractivity contribution is 5.83. The predicted octanol–water partition coefficient (Wildman–Crippen LogP) is 3.39. The smallest absolute Gasteiger partial charge is 0.191 e. The van der Waals surface area contributed by atoms with Gasteiger partial charge in [-0.25, -0.2) is 4.39 Å². The Morgan fingerprint density at radius 1 is 1.34 bits per heavy atom. The number of aromatic nitrogens is 3. The number of hydrogen-bond donors (Lipinski definition) is 3. The summed E-state index contributed by atoms with van der Waals surface area (Å²) in [5, 5.41) is 12.4. The number of nitrogens with zero attached hydrogens (tertiary/aromatic N) is 3. The number of aryl methyl sites for hydroxylation is 2. The molecule has 0 spiro atoms. The first kappa shape index (κ1) is 20.9. The van der Waals surface area contributed by atoms with Gasteiger partial charge in [0.15, 0.2) is 5.96 Å². The van der Waals surface area contributed by atoms with Gasteiger partial charge in [0, 0.05) is 49.0 Å². The standard InChI is InChI=1S/C22H31FN6/c1-6-24-22(27-14(2)11-20-15(3)28-29(5)16(20)4)25-10-9-17-13-26-21-12-18(23)7-8-19(17)21/h7-8,12-14,26H,6,9-11H2,1-5H3,(H2,24,25,27). The van der Waals surface area contributed by atoms with E-state index in [4.69, 9.17) is 4.99 Å². The first-order valence-electron chi connectivity index (χ1n) is 10.2. The summed E-state index contributed by atoms with van der Waals surface area (Å²) in [4.78, 5) is 7.87. The van der Waals surface area contributed by atoms with Crippen molar-refractivity contribution in [3.8, 4) is 0 Å². The maximum atomic E-state index is 13.4. The molecule has 3 N–H and O–H groups in total. The SMILES string of the molecule is CCNC(=NCCc1c[nH]c2cc(F)ccc12)NC(C)Cc1c(C)nn(C)c1C. The Hall–Kier alpha value is -2.83. The zero-order chi connectivity index (χ0) is 21.0. The Balaban J connectivity index is 1.63. The van der Waals surface area contributed by atoms with Crippen molar-refractivity contribution in [3.63, 3.8) is 0 Å². The number of halogens is 1. The lowest BCUT2D eigenvalue weighted by Gasteiger charge is -2.18. The summed E-state index contributed by atoms with van der Waals surface area (Å²) in [5.41, 5.74) is 5.54. The van der Waals surface area contributed by atoms with Gasteiger partial charge in [0.2, 0.25) is 0 Å². The van der Waals surface area contributed by atoms with Crippen LogP contribution in [0, 0.1) is 19.7 Å². The van der Waals surface area contributed by atoms with Gasteiger partial charge in [-0.2, -0.15) is 5.10 Å². The Morgan fingerprint density at radius 2 is 2.14 bits per heavy atom. The molecule has 0 aliphatic rings. The largest absolute Gasteiger partial charge is 0.361 e. The van der Waals surface area contributed by atoms with Gasteiger partial charge >= 0.3 is 0 Å². The fourth-order valence-corrected chi connectivity index (χ4v) is 3.68. The Kier molecular flexibility index (Phi) is 6.56. The van der Waals surface area contributed by atoms with Crippen molar-refractivity contribution in [3.05, 3.63) is 52.7 Å². The number of fused-ring (bicyclic) bond motifs is 1. The molecule has 0 amide bonds. The minimum absolute atomic E-state index is 0.226. The maximum absolute atomic E-state index is 13.4. The average Bonchev–Trinajstić information content (AvgIpc) is 3.17. The molecule has 1 unspecified atom stereocenters. The van der Waals surface area contributed by atoms with Crippen LogP contribution in [0.1, 0.15) is 36.4 Å².